The first-order valence-corrected chi connectivity index (χ1v) is 10.1. The first kappa shape index (κ1) is 18.6. The summed E-state index contributed by atoms with van der Waals surface area (Å²) in [6.07, 6.45) is 1.56. The second-order valence-corrected chi connectivity index (χ2v) is 7.53. The van der Waals surface area contributed by atoms with E-state index in [1.54, 1.807) is 17.0 Å². The van der Waals surface area contributed by atoms with Crippen molar-refractivity contribution in [1.82, 2.24) is 14.3 Å². The van der Waals surface area contributed by atoms with Crippen molar-refractivity contribution in [1.29, 1.82) is 0 Å². The Labute approximate surface area is 167 Å². The van der Waals surface area contributed by atoms with Crippen LogP contribution in [0, 0.1) is 5.82 Å². The number of rotatable bonds is 4. The Kier molecular flexibility index (Phi) is 5.62. The summed E-state index contributed by atoms with van der Waals surface area (Å²) in [6, 6.07) is 16.1. The van der Waals surface area contributed by atoms with E-state index in [1.165, 1.54) is 29.2 Å². The molecule has 1 aliphatic heterocycles. The summed E-state index contributed by atoms with van der Waals surface area (Å²) < 4.78 is 17.9. The summed E-state index contributed by atoms with van der Waals surface area (Å²) in [5, 5.41) is 0.894. The fourth-order valence-corrected chi connectivity index (χ4v) is 4.08. The van der Waals surface area contributed by atoms with Gasteiger partial charge in [-0.05, 0) is 30.2 Å². The van der Waals surface area contributed by atoms with Gasteiger partial charge in [0.25, 0.3) is 5.91 Å². The second-order valence-electron chi connectivity index (χ2n) is 6.80. The van der Waals surface area contributed by atoms with Crippen LogP contribution in [0.2, 0.25) is 0 Å². The lowest BCUT2D eigenvalue weighted by molar-refractivity contribution is 0.0766. The van der Waals surface area contributed by atoms with Crippen LogP contribution >= 0.6 is 11.5 Å². The van der Waals surface area contributed by atoms with Crippen molar-refractivity contribution in [3.05, 3.63) is 77.4 Å². The number of hydrogen-bond acceptors (Lipinski definition) is 5. The molecule has 0 unspecified atom stereocenters. The fourth-order valence-electron chi connectivity index (χ4n) is 3.34. The van der Waals surface area contributed by atoms with Crippen LogP contribution in [0.25, 0.3) is 0 Å². The predicted molar refractivity (Wildman–Crippen MR) is 108 cm³/mol. The molecular formula is C21H21FN4OS. The summed E-state index contributed by atoms with van der Waals surface area (Å²) in [6.45, 7) is 2.76. The van der Waals surface area contributed by atoms with Crippen molar-refractivity contribution in [2.24, 2.45) is 0 Å². The number of carbonyl (C=O) groups excluding carboxylic acids is 1. The van der Waals surface area contributed by atoms with E-state index in [1.807, 2.05) is 18.2 Å². The lowest BCUT2D eigenvalue weighted by Gasteiger charge is -2.21. The fraction of sp³-hybridized carbons (Fsp3) is 0.286. The SMILES string of the molecule is O=C(c1cccc(F)c1)N1CCCN(c2nc(Cc3ccccc3)ns2)CC1. The average molecular weight is 396 g/mol. The van der Waals surface area contributed by atoms with Crippen molar-refractivity contribution < 1.29 is 9.18 Å². The molecule has 5 nitrogen and oxygen atoms in total. The Hall–Kier alpha value is -2.80. The minimum Gasteiger partial charge on any atom is -0.345 e. The average Bonchev–Trinajstić information content (AvgIpc) is 3.03. The summed E-state index contributed by atoms with van der Waals surface area (Å²) in [5.74, 6) is 0.314. The van der Waals surface area contributed by atoms with Crippen molar-refractivity contribution in [2.75, 3.05) is 31.1 Å². The maximum atomic E-state index is 13.4. The molecule has 144 valence electrons. The van der Waals surface area contributed by atoms with E-state index in [0.717, 1.165) is 30.3 Å². The highest BCUT2D eigenvalue weighted by Crippen LogP contribution is 2.21. The zero-order valence-electron chi connectivity index (χ0n) is 15.4. The number of hydrogen-bond donors (Lipinski definition) is 0. The molecule has 0 radical (unpaired) electrons. The molecule has 1 amide bonds. The molecule has 0 bridgehead atoms. The number of nitrogens with zero attached hydrogens (tertiary/aromatic N) is 4. The predicted octanol–water partition coefficient (Wildman–Crippen LogP) is 3.62. The number of anilines is 1. The van der Waals surface area contributed by atoms with Crippen molar-refractivity contribution in [3.63, 3.8) is 0 Å². The highest BCUT2D eigenvalue weighted by Gasteiger charge is 2.22. The highest BCUT2D eigenvalue weighted by molar-refractivity contribution is 7.09. The van der Waals surface area contributed by atoms with Gasteiger partial charge in [-0.2, -0.15) is 4.37 Å². The molecule has 0 spiro atoms. The zero-order valence-corrected chi connectivity index (χ0v) is 16.2. The molecule has 0 aliphatic carbocycles. The van der Waals surface area contributed by atoms with Crippen LogP contribution in [0.5, 0.6) is 0 Å². The first-order valence-electron chi connectivity index (χ1n) is 9.35. The van der Waals surface area contributed by atoms with E-state index in [-0.39, 0.29) is 11.7 Å². The molecule has 0 N–H and O–H groups in total. The monoisotopic (exact) mass is 396 g/mol. The molecule has 1 aromatic heterocycles. The van der Waals surface area contributed by atoms with Crippen molar-refractivity contribution in [3.8, 4) is 0 Å². The summed E-state index contributed by atoms with van der Waals surface area (Å²) >= 11 is 1.40. The third-order valence-electron chi connectivity index (χ3n) is 4.79. The van der Waals surface area contributed by atoms with E-state index >= 15 is 0 Å². The molecule has 7 heteroatoms. The van der Waals surface area contributed by atoms with Crippen LogP contribution in [-0.2, 0) is 6.42 Å². The van der Waals surface area contributed by atoms with Gasteiger partial charge >= 0.3 is 0 Å². The minimum atomic E-state index is -0.387. The largest absolute Gasteiger partial charge is 0.345 e. The highest BCUT2D eigenvalue weighted by atomic mass is 32.1. The smallest absolute Gasteiger partial charge is 0.254 e. The molecule has 2 heterocycles. The standard InChI is InChI=1S/C21H21FN4OS/c22-18-9-4-8-17(15-18)20(27)25-10-5-11-26(13-12-25)21-23-19(24-28-21)14-16-6-2-1-3-7-16/h1-4,6-9,15H,5,10-14H2. The Morgan fingerprint density at radius 3 is 2.71 bits per heavy atom. The molecule has 3 aromatic rings. The van der Waals surface area contributed by atoms with Gasteiger partial charge < -0.3 is 9.80 Å². The molecule has 1 saturated heterocycles. The second kappa shape index (κ2) is 8.48. The quantitative estimate of drug-likeness (QED) is 0.676. The summed E-state index contributed by atoms with van der Waals surface area (Å²) in [5.41, 5.74) is 1.59. The molecule has 1 fully saturated rings. The van der Waals surface area contributed by atoms with Crippen molar-refractivity contribution >= 4 is 22.6 Å². The van der Waals surface area contributed by atoms with E-state index in [4.69, 9.17) is 4.98 Å². The number of amides is 1. The third-order valence-corrected chi connectivity index (χ3v) is 5.60. The molecule has 0 saturated carbocycles. The van der Waals surface area contributed by atoms with Gasteiger partial charge in [0, 0.05) is 49.7 Å². The van der Waals surface area contributed by atoms with Gasteiger partial charge in [-0.1, -0.05) is 36.4 Å². The normalized spacial score (nSPS) is 14.8. The molecule has 0 atom stereocenters. The van der Waals surface area contributed by atoms with E-state index < -0.39 is 0 Å². The Balaban J connectivity index is 1.39. The number of carbonyl (C=O) groups is 1. The lowest BCUT2D eigenvalue weighted by atomic mass is 10.1. The van der Waals surface area contributed by atoms with Crippen molar-refractivity contribution in [2.45, 2.75) is 12.8 Å². The first-order chi connectivity index (χ1) is 13.7. The number of benzene rings is 2. The van der Waals surface area contributed by atoms with Gasteiger partial charge in [0.1, 0.15) is 11.6 Å². The minimum absolute atomic E-state index is 0.122. The summed E-state index contributed by atoms with van der Waals surface area (Å²) in [7, 11) is 0. The Morgan fingerprint density at radius 2 is 1.89 bits per heavy atom. The van der Waals surface area contributed by atoms with Crippen LogP contribution in [0.3, 0.4) is 0 Å². The molecule has 1 aliphatic rings. The van der Waals surface area contributed by atoms with Gasteiger partial charge in [0.15, 0.2) is 0 Å². The van der Waals surface area contributed by atoms with E-state index in [9.17, 15) is 9.18 Å². The lowest BCUT2D eigenvalue weighted by Crippen LogP contribution is -2.35. The zero-order chi connectivity index (χ0) is 19.3. The summed E-state index contributed by atoms with van der Waals surface area (Å²) in [4.78, 5) is 21.3. The molecular weight excluding hydrogens is 375 g/mol. The Bertz CT molecular complexity index is 946. The van der Waals surface area contributed by atoms with Crippen LogP contribution in [-0.4, -0.2) is 46.3 Å². The van der Waals surface area contributed by atoms with E-state index in [2.05, 4.69) is 21.4 Å². The molecule has 4 rings (SSSR count). The van der Waals surface area contributed by atoms with Gasteiger partial charge in [-0.3, -0.25) is 4.79 Å². The number of aromatic nitrogens is 2. The van der Waals surface area contributed by atoms with E-state index in [0.29, 0.717) is 25.2 Å². The van der Waals surface area contributed by atoms with Gasteiger partial charge in [0.2, 0.25) is 5.13 Å². The number of halogens is 1. The van der Waals surface area contributed by atoms with Crippen LogP contribution in [0.15, 0.2) is 54.6 Å². The van der Waals surface area contributed by atoms with Gasteiger partial charge in [-0.15, -0.1) is 0 Å². The van der Waals surface area contributed by atoms with Crippen LogP contribution in [0.4, 0.5) is 9.52 Å². The maximum Gasteiger partial charge on any atom is 0.254 e. The van der Waals surface area contributed by atoms with Crippen LogP contribution in [0.1, 0.15) is 28.2 Å². The van der Waals surface area contributed by atoms with Crippen LogP contribution < -0.4 is 4.90 Å². The third kappa shape index (κ3) is 4.36. The van der Waals surface area contributed by atoms with Gasteiger partial charge in [0.05, 0.1) is 0 Å². The molecule has 2 aromatic carbocycles. The topological polar surface area (TPSA) is 49.3 Å². The molecule has 28 heavy (non-hydrogen) atoms. The maximum absolute atomic E-state index is 13.4. The Morgan fingerprint density at radius 1 is 1.04 bits per heavy atom. The van der Waals surface area contributed by atoms with Gasteiger partial charge in [-0.25, -0.2) is 9.37 Å².